The van der Waals surface area contributed by atoms with Crippen molar-refractivity contribution in [2.24, 2.45) is 5.41 Å². The van der Waals surface area contributed by atoms with Crippen molar-refractivity contribution in [3.63, 3.8) is 0 Å². The van der Waals surface area contributed by atoms with Crippen molar-refractivity contribution in [2.75, 3.05) is 61.0 Å². The van der Waals surface area contributed by atoms with E-state index in [1.807, 2.05) is 41.5 Å². The monoisotopic (exact) mass is 664 g/mol. The van der Waals surface area contributed by atoms with Crippen LogP contribution in [0.25, 0.3) is 0 Å². The molecule has 0 aliphatic heterocycles. The van der Waals surface area contributed by atoms with E-state index in [-0.39, 0.29) is 90.2 Å². The van der Waals surface area contributed by atoms with Crippen molar-refractivity contribution >= 4 is 11.9 Å². The Balaban J connectivity index is -0.000000179. The number of aliphatic hydroxyl groups is 4. The summed E-state index contributed by atoms with van der Waals surface area (Å²) >= 11 is 0. The molecule has 0 rings (SSSR count). The van der Waals surface area contributed by atoms with Gasteiger partial charge in [-0.15, -0.1) is 0 Å². The lowest BCUT2D eigenvalue weighted by molar-refractivity contribution is -0.195. The quantitative estimate of drug-likeness (QED) is 0.103. The summed E-state index contributed by atoms with van der Waals surface area (Å²) in [6.07, 6.45) is -0.285. The number of hydrogen-bond acceptors (Lipinski definition) is 14. The number of ether oxygens (including phenoxy) is 8. The zero-order valence-electron chi connectivity index (χ0n) is 27.9. The molecular formula is C31H68O14. The summed E-state index contributed by atoms with van der Waals surface area (Å²) in [6.45, 7) is 12.6. The van der Waals surface area contributed by atoms with E-state index in [0.29, 0.717) is 25.7 Å². The van der Waals surface area contributed by atoms with Gasteiger partial charge in [-0.1, -0.05) is 56.4 Å². The van der Waals surface area contributed by atoms with Gasteiger partial charge in [-0.25, -0.2) is 0 Å². The van der Waals surface area contributed by atoms with Crippen LogP contribution in [0.2, 0.25) is 0 Å². The largest absolute Gasteiger partial charge is 0.460 e. The number of esters is 2. The highest BCUT2D eigenvalue weighted by Crippen LogP contribution is 2.19. The molecule has 0 saturated heterocycles. The second kappa shape index (κ2) is 33.9. The lowest BCUT2D eigenvalue weighted by atomic mass is 9.93. The summed E-state index contributed by atoms with van der Waals surface area (Å²) in [7, 11) is 4.38. The molecule has 6 unspecified atom stereocenters. The number of aliphatic hydroxyl groups excluding tert-OH is 4. The molecule has 0 fully saturated rings. The van der Waals surface area contributed by atoms with Gasteiger partial charge in [0.15, 0.2) is 18.9 Å². The third-order valence-corrected chi connectivity index (χ3v) is 5.43. The molecule has 0 heterocycles. The number of carbonyl (C=O) groups excluding carboxylic acids is 2. The van der Waals surface area contributed by atoms with Crippen molar-refractivity contribution in [2.45, 2.75) is 126 Å². The average Bonchev–Trinajstić information content (AvgIpc) is 2.98. The number of hydrogen-bond donors (Lipinski definition) is 4. The van der Waals surface area contributed by atoms with Crippen molar-refractivity contribution < 1.29 is 67.9 Å². The highest BCUT2D eigenvalue weighted by Gasteiger charge is 2.20. The first kappa shape index (κ1) is 53.0. The van der Waals surface area contributed by atoms with Gasteiger partial charge in [-0.3, -0.25) is 9.59 Å². The zero-order chi connectivity index (χ0) is 33.8. The Morgan fingerprint density at radius 3 is 1.18 bits per heavy atom. The molecule has 0 spiro atoms. The van der Waals surface area contributed by atoms with E-state index in [2.05, 4.69) is 0 Å². The van der Waals surface area contributed by atoms with E-state index in [1.54, 1.807) is 0 Å². The first-order valence-corrected chi connectivity index (χ1v) is 14.5. The van der Waals surface area contributed by atoms with Crippen molar-refractivity contribution in [1.82, 2.24) is 0 Å². The fraction of sp³-hybridized carbons (Fsp3) is 0.935. The Kier molecular flexibility index (Phi) is 40.0. The first-order chi connectivity index (χ1) is 20.2. The van der Waals surface area contributed by atoms with Crippen molar-refractivity contribution in [3.8, 4) is 0 Å². The molecule has 0 saturated carbocycles. The van der Waals surface area contributed by atoms with E-state index in [9.17, 15) is 9.59 Å². The Labute approximate surface area is 272 Å². The minimum Gasteiger partial charge on any atom is -0.460 e. The summed E-state index contributed by atoms with van der Waals surface area (Å²) in [5.41, 5.74) is -0.0996. The van der Waals surface area contributed by atoms with Gasteiger partial charge in [0.1, 0.15) is 13.2 Å². The fourth-order valence-corrected chi connectivity index (χ4v) is 2.78. The number of rotatable bonds is 21. The third-order valence-electron chi connectivity index (χ3n) is 5.43. The summed E-state index contributed by atoms with van der Waals surface area (Å²) in [4.78, 5) is 22.0. The van der Waals surface area contributed by atoms with Gasteiger partial charge >= 0.3 is 11.9 Å². The highest BCUT2D eigenvalue weighted by atomic mass is 16.7. The molecule has 14 nitrogen and oxygen atoms in total. The van der Waals surface area contributed by atoms with Crippen LogP contribution in [0.5, 0.6) is 0 Å². The molecule has 0 aliphatic rings. The molecule has 0 radical (unpaired) electrons. The number of methoxy groups -OCH3 is 3. The van der Waals surface area contributed by atoms with E-state index in [0.717, 1.165) is 0 Å². The maximum absolute atomic E-state index is 11.5. The number of carbonyl (C=O) groups is 2. The molecule has 14 heteroatoms. The van der Waals surface area contributed by atoms with Crippen LogP contribution < -0.4 is 0 Å². The van der Waals surface area contributed by atoms with E-state index in [1.165, 1.54) is 28.3 Å². The minimum atomic E-state index is -0.633. The molecule has 4 N–H and O–H groups in total. The Hall–Kier alpha value is -1.46. The van der Waals surface area contributed by atoms with E-state index < -0.39 is 18.9 Å². The fourth-order valence-electron chi connectivity index (χ4n) is 2.78. The predicted molar refractivity (Wildman–Crippen MR) is 171 cm³/mol. The van der Waals surface area contributed by atoms with Crippen LogP contribution >= 0.6 is 0 Å². The smallest absolute Gasteiger partial charge is 0.306 e. The maximum atomic E-state index is 11.5. The average molecular weight is 665 g/mol. The second-order valence-corrected chi connectivity index (χ2v) is 10.4. The molecule has 0 aromatic carbocycles. The third kappa shape index (κ3) is 33.7. The summed E-state index contributed by atoms with van der Waals surface area (Å²) in [5.74, 6) is -0.655. The van der Waals surface area contributed by atoms with Gasteiger partial charge in [0.25, 0.3) is 0 Å². The van der Waals surface area contributed by atoms with Crippen LogP contribution in [-0.2, 0) is 47.5 Å². The van der Waals surface area contributed by atoms with Crippen LogP contribution in [0.4, 0.5) is 0 Å². The lowest BCUT2D eigenvalue weighted by Gasteiger charge is -2.22. The lowest BCUT2D eigenvalue weighted by Crippen LogP contribution is -2.31. The molecule has 0 aromatic rings. The topological polar surface area (TPSA) is 189 Å². The van der Waals surface area contributed by atoms with Crippen molar-refractivity contribution in [1.29, 1.82) is 0 Å². The SMILES string of the molecule is C.C.CCC(CO)OC(CO)OC.CCC(CO)OC(COC(=O)CC(C)(C)C)OC.CCC(CO)OC(COC(C)=O)OC. The maximum Gasteiger partial charge on any atom is 0.306 e. The minimum absolute atomic E-state index is 0. The molecule has 6 atom stereocenters. The Morgan fingerprint density at radius 1 is 0.600 bits per heavy atom. The molecule has 0 aromatic heterocycles. The van der Waals surface area contributed by atoms with Crippen LogP contribution in [0.1, 0.15) is 89.0 Å². The van der Waals surface area contributed by atoms with Crippen LogP contribution in [0.3, 0.4) is 0 Å². The normalized spacial score (nSPS) is 14.7. The Bertz CT molecular complexity index is 618. The standard InChI is InChI=1S/C13H26O5.C9H18O5.C7H16O4.2CH4/c1-6-10(8-14)18-12(16-5)9-17-11(15)7-13(2,3)4;1-4-8(5-10)14-9(12-3)6-13-7(2)11;1-3-6(4-8)11-7(5-9)10-2;;/h10,12,14H,6-9H2,1-5H3;8-10H,4-6H2,1-3H3;6-9H,3-5H2,1-2H3;2*1H4. The zero-order valence-corrected chi connectivity index (χ0v) is 27.9. The van der Waals surface area contributed by atoms with Gasteiger partial charge in [0, 0.05) is 28.3 Å². The Morgan fingerprint density at radius 2 is 0.933 bits per heavy atom. The summed E-state index contributed by atoms with van der Waals surface area (Å²) < 4.78 is 40.4. The van der Waals surface area contributed by atoms with Gasteiger partial charge in [0.2, 0.25) is 0 Å². The molecule has 0 bridgehead atoms. The molecule has 276 valence electrons. The van der Waals surface area contributed by atoms with Crippen LogP contribution in [-0.4, -0.2) is 131 Å². The van der Waals surface area contributed by atoms with Crippen molar-refractivity contribution in [3.05, 3.63) is 0 Å². The van der Waals surface area contributed by atoms with Crippen LogP contribution in [0, 0.1) is 5.41 Å². The highest BCUT2D eigenvalue weighted by molar-refractivity contribution is 5.70. The first-order valence-electron chi connectivity index (χ1n) is 14.5. The van der Waals surface area contributed by atoms with Gasteiger partial charge in [-0.2, -0.15) is 0 Å². The van der Waals surface area contributed by atoms with E-state index >= 15 is 0 Å². The molecule has 0 amide bonds. The molecule has 45 heavy (non-hydrogen) atoms. The molecular weight excluding hydrogens is 596 g/mol. The van der Waals surface area contributed by atoms with Gasteiger partial charge in [0.05, 0.1) is 51.2 Å². The van der Waals surface area contributed by atoms with Gasteiger partial charge in [-0.05, 0) is 24.7 Å². The van der Waals surface area contributed by atoms with E-state index in [4.69, 9.17) is 58.3 Å². The summed E-state index contributed by atoms with van der Waals surface area (Å²) in [6, 6.07) is 0. The van der Waals surface area contributed by atoms with Crippen LogP contribution in [0.15, 0.2) is 0 Å². The summed E-state index contributed by atoms with van der Waals surface area (Å²) in [5, 5.41) is 35.2. The van der Waals surface area contributed by atoms with Gasteiger partial charge < -0.3 is 58.3 Å². The predicted octanol–water partition coefficient (Wildman–Crippen LogP) is 3.05. The second-order valence-electron chi connectivity index (χ2n) is 10.4. The molecule has 0 aliphatic carbocycles.